The molecule has 158 valence electrons. The topological polar surface area (TPSA) is 59.6 Å². The summed E-state index contributed by atoms with van der Waals surface area (Å²) in [5.74, 6) is 0.869. The van der Waals surface area contributed by atoms with E-state index >= 15 is 0 Å². The van der Waals surface area contributed by atoms with Crippen molar-refractivity contribution in [2.45, 2.75) is 39.8 Å². The Bertz CT molecular complexity index is 870. The van der Waals surface area contributed by atoms with Crippen molar-refractivity contribution in [2.24, 2.45) is 0 Å². The van der Waals surface area contributed by atoms with Crippen molar-refractivity contribution in [3.63, 3.8) is 0 Å². The van der Waals surface area contributed by atoms with E-state index in [-0.39, 0.29) is 18.1 Å². The average Bonchev–Trinajstić information content (AvgIpc) is 2.60. The third-order valence-corrected chi connectivity index (χ3v) is 4.97. The molecule has 2 N–H and O–H groups in total. The Hall–Kier alpha value is -1.63. The fourth-order valence-corrected chi connectivity index (χ4v) is 3.45. The third-order valence-electron chi connectivity index (χ3n) is 3.69. The molecule has 2 aromatic rings. The van der Waals surface area contributed by atoms with Gasteiger partial charge in [-0.2, -0.15) is 0 Å². The first-order valence-corrected chi connectivity index (χ1v) is 10.7. The van der Waals surface area contributed by atoms with Crippen LogP contribution in [0.5, 0.6) is 11.5 Å². The van der Waals surface area contributed by atoms with Gasteiger partial charge in [0.1, 0.15) is 0 Å². The Labute approximate surface area is 190 Å². The number of halogens is 3. The van der Waals surface area contributed by atoms with Gasteiger partial charge in [0.2, 0.25) is 0 Å². The van der Waals surface area contributed by atoms with Gasteiger partial charge in [0.25, 0.3) is 5.91 Å². The largest absolute Gasteiger partial charge is 0.490 e. The fourth-order valence-electron chi connectivity index (χ4n) is 2.51. The second-order valence-corrected chi connectivity index (χ2v) is 9.09. The number of anilines is 1. The van der Waals surface area contributed by atoms with E-state index in [9.17, 15) is 4.79 Å². The van der Waals surface area contributed by atoms with Crippen molar-refractivity contribution >= 4 is 50.7 Å². The summed E-state index contributed by atoms with van der Waals surface area (Å²) < 4.78 is 12.2. The molecule has 0 unspecified atom stereocenters. The Morgan fingerprint density at radius 3 is 2.41 bits per heavy atom. The molecule has 0 saturated carbocycles. The number of amides is 1. The van der Waals surface area contributed by atoms with Crippen LogP contribution in [-0.2, 0) is 11.3 Å². The SMILES string of the molecule is CCOc1cc(CNc2ccc(Cl)cc2Cl)c(Br)cc1OCC(=O)NC(C)(C)C. The molecule has 0 atom stereocenters. The van der Waals surface area contributed by atoms with Crippen molar-refractivity contribution in [3.8, 4) is 11.5 Å². The number of ether oxygens (including phenoxy) is 2. The van der Waals surface area contributed by atoms with Gasteiger partial charge in [-0.15, -0.1) is 0 Å². The third kappa shape index (κ3) is 7.61. The molecule has 2 aromatic carbocycles. The van der Waals surface area contributed by atoms with Gasteiger partial charge in [-0.25, -0.2) is 0 Å². The maximum Gasteiger partial charge on any atom is 0.258 e. The van der Waals surface area contributed by atoms with E-state index < -0.39 is 0 Å². The van der Waals surface area contributed by atoms with Crippen LogP contribution in [0.4, 0.5) is 5.69 Å². The van der Waals surface area contributed by atoms with Crippen LogP contribution in [0.25, 0.3) is 0 Å². The molecule has 8 heteroatoms. The number of carbonyl (C=O) groups is 1. The molecule has 0 radical (unpaired) electrons. The Morgan fingerprint density at radius 2 is 1.79 bits per heavy atom. The first-order valence-electron chi connectivity index (χ1n) is 9.17. The van der Waals surface area contributed by atoms with Gasteiger partial charge in [0, 0.05) is 21.6 Å². The van der Waals surface area contributed by atoms with Gasteiger partial charge in [0.05, 0.1) is 17.3 Å². The summed E-state index contributed by atoms with van der Waals surface area (Å²) in [5, 5.41) is 7.27. The molecule has 0 saturated heterocycles. The van der Waals surface area contributed by atoms with Crippen LogP contribution in [0.3, 0.4) is 0 Å². The van der Waals surface area contributed by atoms with E-state index in [1.807, 2.05) is 39.8 Å². The highest BCUT2D eigenvalue weighted by Gasteiger charge is 2.16. The summed E-state index contributed by atoms with van der Waals surface area (Å²) in [4.78, 5) is 12.0. The number of carbonyl (C=O) groups excluding carboxylic acids is 1. The lowest BCUT2D eigenvalue weighted by Crippen LogP contribution is -2.43. The van der Waals surface area contributed by atoms with Crippen LogP contribution >= 0.6 is 39.1 Å². The van der Waals surface area contributed by atoms with Gasteiger partial charge in [-0.05, 0) is 63.6 Å². The highest BCUT2D eigenvalue weighted by Crippen LogP contribution is 2.35. The maximum atomic E-state index is 12.0. The summed E-state index contributed by atoms with van der Waals surface area (Å²) >= 11 is 15.7. The van der Waals surface area contributed by atoms with Crippen LogP contribution in [0.2, 0.25) is 10.0 Å². The number of hydrogen-bond donors (Lipinski definition) is 2. The van der Waals surface area contributed by atoms with E-state index in [1.54, 1.807) is 18.2 Å². The zero-order chi connectivity index (χ0) is 21.6. The maximum absolute atomic E-state index is 12.0. The summed E-state index contributed by atoms with van der Waals surface area (Å²) in [5.41, 5.74) is 1.41. The molecule has 29 heavy (non-hydrogen) atoms. The molecule has 0 aliphatic rings. The lowest BCUT2D eigenvalue weighted by molar-refractivity contribution is -0.124. The molecule has 0 aliphatic heterocycles. The molecule has 0 aromatic heterocycles. The molecule has 1 amide bonds. The predicted molar refractivity (Wildman–Crippen MR) is 122 cm³/mol. The van der Waals surface area contributed by atoms with Gasteiger partial charge < -0.3 is 20.1 Å². The average molecular weight is 504 g/mol. The quantitative estimate of drug-likeness (QED) is 0.459. The minimum Gasteiger partial charge on any atom is -0.490 e. The monoisotopic (exact) mass is 502 g/mol. The van der Waals surface area contributed by atoms with Crippen molar-refractivity contribution in [1.82, 2.24) is 5.32 Å². The highest BCUT2D eigenvalue weighted by atomic mass is 79.9. The van der Waals surface area contributed by atoms with Gasteiger partial charge in [-0.3, -0.25) is 4.79 Å². The van der Waals surface area contributed by atoms with Crippen LogP contribution in [-0.4, -0.2) is 24.7 Å². The van der Waals surface area contributed by atoms with E-state index in [0.717, 1.165) is 15.7 Å². The molecule has 0 spiro atoms. The molecule has 0 heterocycles. The van der Waals surface area contributed by atoms with Crippen molar-refractivity contribution < 1.29 is 14.3 Å². The first kappa shape index (κ1) is 23.6. The summed E-state index contributed by atoms with van der Waals surface area (Å²) in [6, 6.07) is 8.96. The zero-order valence-corrected chi connectivity index (χ0v) is 20.0. The Morgan fingerprint density at radius 1 is 1.10 bits per heavy atom. The summed E-state index contributed by atoms with van der Waals surface area (Å²) in [7, 11) is 0. The first-order chi connectivity index (χ1) is 13.6. The minimum atomic E-state index is -0.317. The normalized spacial score (nSPS) is 11.1. The standard InChI is InChI=1S/C21H25BrCl2N2O3/c1-5-28-18-8-13(11-25-17-7-6-14(23)9-16(17)24)15(22)10-19(18)29-12-20(27)26-21(2,3)4/h6-10,25H,5,11-12H2,1-4H3,(H,26,27). The van der Waals surface area contributed by atoms with E-state index in [0.29, 0.717) is 34.7 Å². The van der Waals surface area contributed by atoms with Gasteiger partial charge in [-0.1, -0.05) is 39.1 Å². The molecular formula is C21H25BrCl2N2O3. The van der Waals surface area contributed by atoms with Crippen molar-refractivity contribution in [3.05, 3.63) is 50.4 Å². The second-order valence-electron chi connectivity index (χ2n) is 7.39. The van der Waals surface area contributed by atoms with E-state index in [4.69, 9.17) is 32.7 Å². The molecule has 2 rings (SSSR count). The lowest BCUT2D eigenvalue weighted by Gasteiger charge is -2.21. The van der Waals surface area contributed by atoms with E-state index in [2.05, 4.69) is 26.6 Å². The van der Waals surface area contributed by atoms with Crippen molar-refractivity contribution in [1.29, 1.82) is 0 Å². The highest BCUT2D eigenvalue weighted by molar-refractivity contribution is 9.10. The van der Waals surface area contributed by atoms with Gasteiger partial charge in [0.15, 0.2) is 18.1 Å². The van der Waals surface area contributed by atoms with E-state index in [1.165, 1.54) is 0 Å². The van der Waals surface area contributed by atoms with Crippen LogP contribution in [0.15, 0.2) is 34.8 Å². The minimum absolute atomic E-state index is 0.0955. The fraction of sp³-hybridized carbons (Fsp3) is 0.381. The molecule has 0 bridgehead atoms. The van der Waals surface area contributed by atoms with Crippen LogP contribution < -0.4 is 20.1 Å². The van der Waals surface area contributed by atoms with Gasteiger partial charge >= 0.3 is 0 Å². The van der Waals surface area contributed by atoms with Crippen LogP contribution in [0, 0.1) is 0 Å². The second kappa shape index (κ2) is 10.4. The molecule has 0 fully saturated rings. The summed E-state index contributed by atoms with van der Waals surface area (Å²) in [6.45, 7) is 8.53. The lowest BCUT2D eigenvalue weighted by atomic mass is 10.1. The zero-order valence-electron chi connectivity index (χ0n) is 16.9. The van der Waals surface area contributed by atoms with Crippen LogP contribution in [0.1, 0.15) is 33.3 Å². The number of benzene rings is 2. The molecular weight excluding hydrogens is 479 g/mol. The molecule has 0 aliphatic carbocycles. The Kier molecular flexibility index (Phi) is 8.49. The smallest absolute Gasteiger partial charge is 0.258 e. The summed E-state index contributed by atoms with van der Waals surface area (Å²) in [6.07, 6.45) is 0. The molecule has 5 nitrogen and oxygen atoms in total. The van der Waals surface area contributed by atoms with Crippen molar-refractivity contribution in [2.75, 3.05) is 18.5 Å². The Balaban J connectivity index is 2.13. The number of hydrogen-bond acceptors (Lipinski definition) is 4. The number of rotatable bonds is 8. The predicted octanol–water partition coefficient (Wildman–Crippen LogP) is 6.06. The number of nitrogens with one attached hydrogen (secondary N) is 2.